The van der Waals surface area contributed by atoms with E-state index in [1.165, 1.54) is 4.70 Å². The van der Waals surface area contributed by atoms with Gasteiger partial charge in [0.15, 0.2) is 5.13 Å². The Morgan fingerprint density at radius 2 is 1.95 bits per heavy atom. The van der Waals surface area contributed by atoms with Gasteiger partial charge in [-0.2, -0.15) is 0 Å². The first-order valence-corrected chi connectivity index (χ1v) is 6.96. The second kappa shape index (κ2) is 5.94. The van der Waals surface area contributed by atoms with Gasteiger partial charge >= 0.3 is 0 Å². The number of hydrogen-bond acceptors (Lipinski definition) is 5. The van der Waals surface area contributed by atoms with Gasteiger partial charge in [-0.1, -0.05) is 11.3 Å². The number of methoxy groups -OCH3 is 1. The molecule has 0 unspecified atom stereocenters. The summed E-state index contributed by atoms with van der Waals surface area (Å²) in [6.07, 6.45) is 0. The minimum absolute atomic E-state index is 0. The molecule has 104 valence electrons. The lowest BCUT2D eigenvalue weighted by molar-refractivity contribution is 0.313. The minimum Gasteiger partial charge on any atom is -0.497 e. The minimum atomic E-state index is 0. The van der Waals surface area contributed by atoms with E-state index in [2.05, 4.69) is 22.9 Å². The van der Waals surface area contributed by atoms with Crippen LogP contribution in [0.4, 0.5) is 5.13 Å². The quantitative estimate of drug-likeness (QED) is 0.852. The molecule has 19 heavy (non-hydrogen) atoms. The van der Waals surface area contributed by atoms with Crippen molar-refractivity contribution in [2.45, 2.75) is 0 Å². The first kappa shape index (κ1) is 14.4. The summed E-state index contributed by atoms with van der Waals surface area (Å²) in [7, 11) is 3.87. The Bertz CT molecular complexity index is 552. The van der Waals surface area contributed by atoms with Crippen LogP contribution in [0.1, 0.15) is 0 Å². The molecule has 1 aliphatic rings. The lowest BCUT2D eigenvalue weighted by Gasteiger charge is -2.31. The fraction of sp³-hybridized carbons (Fsp3) is 0.462. The molecule has 1 aromatic heterocycles. The van der Waals surface area contributed by atoms with E-state index in [0.717, 1.165) is 42.6 Å². The molecule has 0 amide bonds. The van der Waals surface area contributed by atoms with Crippen LogP contribution >= 0.6 is 23.7 Å². The van der Waals surface area contributed by atoms with Crippen LogP contribution in [-0.2, 0) is 0 Å². The zero-order valence-corrected chi connectivity index (χ0v) is 12.8. The fourth-order valence-electron chi connectivity index (χ4n) is 2.15. The number of thiazole rings is 1. The van der Waals surface area contributed by atoms with Crippen molar-refractivity contribution >= 4 is 39.1 Å². The Balaban J connectivity index is 0.00000133. The Morgan fingerprint density at radius 3 is 2.63 bits per heavy atom. The van der Waals surface area contributed by atoms with Crippen molar-refractivity contribution in [3.05, 3.63) is 18.2 Å². The maximum atomic E-state index is 5.25. The summed E-state index contributed by atoms with van der Waals surface area (Å²) in [5.74, 6) is 0.899. The summed E-state index contributed by atoms with van der Waals surface area (Å²) < 4.78 is 6.45. The molecule has 0 saturated carbocycles. The molecular formula is C13H18ClN3OS. The molecule has 0 spiro atoms. The molecule has 1 aliphatic heterocycles. The van der Waals surface area contributed by atoms with Gasteiger partial charge in [0.05, 0.1) is 17.3 Å². The largest absolute Gasteiger partial charge is 0.497 e. The normalized spacial score (nSPS) is 16.4. The number of ether oxygens (including phenoxy) is 1. The van der Waals surface area contributed by atoms with Crippen LogP contribution in [0.2, 0.25) is 0 Å². The zero-order chi connectivity index (χ0) is 12.5. The lowest BCUT2D eigenvalue weighted by Crippen LogP contribution is -2.44. The van der Waals surface area contributed by atoms with Crippen molar-refractivity contribution in [2.75, 3.05) is 45.2 Å². The second-order valence-electron chi connectivity index (χ2n) is 4.62. The third kappa shape index (κ3) is 2.94. The lowest BCUT2D eigenvalue weighted by atomic mass is 10.3. The number of piperazine rings is 1. The van der Waals surface area contributed by atoms with E-state index in [4.69, 9.17) is 9.72 Å². The Kier molecular flexibility index (Phi) is 4.50. The maximum absolute atomic E-state index is 5.25. The van der Waals surface area contributed by atoms with Gasteiger partial charge in [0, 0.05) is 26.2 Å². The molecule has 0 bridgehead atoms. The van der Waals surface area contributed by atoms with Gasteiger partial charge in [-0.05, 0) is 25.2 Å². The highest BCUT2D eigenvalue weighted by Crippen LogP contribution is 2.31. The van der Waals surface area contributed by atoms with Crippen LogP contribution in [-0.4, -0.2) is 50.2 Å². The first-order chi connectivity index (χ1) is 8.76. The maximum Gasteiger partial charge on any atom is 0.186 e. The predicted molar refractivity (Wildman–Crippen MR) is 83.1 cm³/mol. The monoisotopic (exact) mass is 299 g/mol. The summed E-state index contributed by atoms with van der Waals surface area (Å²) in [5.41, 5.74) is 1.06. The molecule has 1 aromatic carbocycles. The molecule has 2 heterocycles. The number of anilines is 1. The molecule has 0 radical (unpaired) electrons. The second-order valence-corrected chi connectivity index (χ2v) is 5.63. The summed E-state index contributed by atoms with van der Waals surface area (Å²) >= 11 is 1.75. The Hall–Kier alpha value is -1.04. The number of hydrogen-bond donors (Lipinski definition) is 0. The van der Waals surface area contributed by atoms with Crippen molar-refractivity contribution in [2.24, 2.45) is 0 Å². The molecule has 3 rings (SSSR count). The van der Waals surface area contributed by atoms with Gasteiger partial charge in [-0.15, -0.1) is 12.4 Å². The smallest absolute Gasteiger partial charge is 0.186 e. The van der Waals surface area contributed by atoms with E-state index in [0.29, 0.717) is 0 Å². The summed E-state index contributed by atoms with van der Waals surface area (Å²) in [6.45, 7) is 4.35. The number of rotatable bonds is 2. The van der Waals surface area contributed by atoms with Gasteiger partial charge < -0.3 is 14.5 Å². The summed E-state index contributed by atoms with van der Waals surface area (Å²) in [5, 5.41) is 1.13. The molecular weight excluding hydrogens is 282 g/mol. The van der Waals surface area contributed by atoms with Crippen LogP contribution in [0.3, 0.4) is 0 Å². The highest BCUT2D eigenvalue weighted by Gasteiger charge is 2.17. The van der Waals surface area contributed by atoms with Crippen LogP contribution in [0.15, 0.2) is 18.2 Å². The molecule has 4 nitrogen and oxygen atoms in total. The van der Waals surface area contributed by atoms with Crippen molar-refractivity contribution in [1.29, 1.82) is 0 Å². The van der Waals surface area contributed by atoms with Crippen LogP contribution < -0.4 is 9.64 Å². The highest BCUT2D eigenvalue weighted by molar-refractivity contribution is 7.22. The Morgan fingerprint density at radius 1 is 1.21 bits per heavy atom. The van der Waals surface area contributed by atoms with Gasteiger partial charge in [0.25, 0.3) is 0 Å². The van der Waals surface area contributed by atoms with Crippen molar-refractivity contribution in [3.8, 4) is 5.75 Å². The number of aromatic nitrogens is 1. The highest BCUT2D eigenvalue weighted by atomic mass is 35.5. The number of benzene rings is 1. The molecule has 2 aromatic rings. The molecule has 0 aliphatic carbocycles. The molecule has 0 N–H and O–H groups in total. The number of nitrogens with zero attached hydrogens (tertiary/aromatic N) is 3. The van der Waals surface area contributed by atoms with Crippen molar-refractivity contribution in [3.63, 3.8) is 0 Å². The van der Waals surface area contributed by atoms with E-state index >= 15 is 0 Å². The van der Waals surface area contributed by atoms with Crippen molar-refractivity contribution < 1.29 is 4.74 Å². The van der Waals surface area contributed by atoms with E-state index < -0.39 is 0 Å². The average molecular weight is 300 g/mol. The van der Waals surface area contributed by atoms with Crippen LogP contribution in [0.5, 0.6) is 5.75 Å². The van der Waals surface area contributed by atoms with E-state index in [9.17, 15) is 0 Å². The van der Waals surface area contributed by atoms with E-state index in [-0.39, 0.29) is 12.4 Å². The fourth-order valence-corrected chi connectivity index (χ4v) is 3.20. The third-order valence-corrected chi connectivity index (χ3v) is 4.44. The molecule has 6 heteroatoms. The van der Waals surface area contributed by atoms with Gasteiger partial charge in [-0.3, -0.25) is 0 Å². The molecule has 1 fully saturated rings. The summed E-state index contributed by atoms with van der Waals surface area (Å²) in [6, 6.07) is 6.06. The third-order valence-electron chi connectivity index (χ3n) is 3.36. The molecule has 1 saturated heterocycles. The Labute approximate surface area is 123 Å². The predicted octanol–water partition coefficient (Wildman–Crippen LogP) is 2.48. The summed E-state index contributed by atoms with van der Waals surface area (Å²) in [4.78, 5) is 9.43. The SMILES string of the molecule is COc1ccc2nc(N3CCN(C)CC3)sc2c1.Cl. The number of fused-ring (bicyclic) bond motifs is 1. The standard InChI is InChI=1S/C13H17N3OS.ClH/c1-15-5-7-16(8-6-15)13-14-11-4-3-10(17-2)9-12(11)18-13;/h3-4,9H,5-8H2,1-2H3;1H. The topological polar surface area (TPSA) is 28.6 Å². The van der Waals surface area contributed by atoms with Crippen molar-refractivity contribution in [1.82, 2.24) is 9.88 Å². The van der Waals surface area contributed by atoms with Gasteiger partial charge in [0.1, 0.15) is 5.75 Å². The van der Waals surface area contributed by atoms with Crippen LogP contribution in [0.25, 0.3) is 10.2 Å². The average Bonchev–Trinajstić information content (AvgIpc) is 2.82. The number of halogens is 1. The zero-order valence-electron chi connectivity index (χ0n) is 11.1. The van der Waals surface area contributed by atoms with Gasteiger partial charge in [0.2, 0.25) is 0 Å². The molecule has 0 atom stereocenters. The van der Waals surface area contributed by atoms with E-state index in [1.807, 2.05) is 12.1 Å². The van der Waals surface area contributed by atoms with Crippen LogP contribution in [0, 0.1) is 0 Å². The van der Waals surface area contributed by atoms with E-state index in [1.54, 1.807) is 18.4 Å². The number of likely N-dealkylation sites (N-methyl/N-ethyl adjacent to an activating group) is 1. The van der Waals surface area contributed by atoms with Gasteiger partial charge in [-0.25, -0.2) is 4.98 Å². The first-order valence-electron chi connectivity index (χ1n) is 6.14.